The highest BCUT2D eigenvalue weighted by molar-refractivity contribution is 5.91. The van der Waals surface area contributed by atoms with E-state index in [0.717, 1.165) is 5.75 Å². The number of hydrogen-bond donors (Lipinski definition) is 2. The second-order valence-corrected chi connectivity index (χ2v) is 4.53. The van der Waals surface area contributed by atoms with Crippen LogP contribution in [0.5, 0.6) is 5.75 Å². The molecule has 0 aliphatic heterocycles. The monoisotopic (exact) mass is 280 g/mol. The van der Waals surface area contributed by atoms with E-state index < -0.39 is 12.0 Å². The van der Waals surface area contributed by atoms with Crippen molar-refractivity contribution in [3.05, 3.63) is 24.3 Å². The Morgan fingerprint density at radius 3 is 2.35 bits per heavy atom. The van der Waals surface area contributed by atoms with E-state index in [2.05, 4.69) is 5.32 Å². The number of ether oxygens (including phenoxy) is 1. The fourth-order valence-corrected chi connectivity index (χ4v) is 1.58. The van der Waals surface area contributed by atoms with Crippen LogP contribution < -0.4 is 10.1 Å². The van der Waals surface area contributed by atoms with Gasteiger partial charge in [0.2, 0.25) is 0 Å². The Bertz CT molecular complexity index is 457. The molecule has 6 nitrogen and oxygen atoms in total. The molecular formula is C14H20N2O4. The number of anilines is 1. The van der Waals surface area contributed by atoms with E-state index in [0.29, 0.717) is 12.2 Å². The topological polar surface area (TPSA) is 78.9 Å². The molecule has 1 rings (SSSR count). The van der Waals surface area contributed by atoms with Gasteiger partial charge in [0, 0.05) is 12.2 Å². The number of amides is 2. The highest BCUT2D eigenvalue weighted by Gasteiger charge is 2.14. The number of likely N-dealkylation sites (N-methyl/N-ethyl adjacent to an activating group) is 1. The number of carbonyl (C=O) groups excluding carboxylic acids is 1. The van der Waals surface area contributed by atoms with Crippen molar-refractivity contribution in [2.24, 2.45) is 0 Å². The minimum Gasteiger partial charge on any atom is -0.491 e. The number of nitrogens with one attached hydrogen (secondary N) is 1. The minimum atomic E-state index is -1.04. The molecule has 0 spiro atoms. The fourth-order valence-electron chi connectivity index (χ4n) is 1.58. The van der Waals surface area contributed by atoms with E-state index in [9.17, 15) is 9.59 Å². The molecule has 0 radical (unpaired) electrons. The number of rotatable bonds is 6. The quantitative estimate of drug-likeness (QED) is 0.838. The zero-order chi connectivity index (χ0) is 15.1. The van der Waals surface area contributed by atoms with Gasteiger partial charge in [-0.05, 0) is 45.0 Å². The molecule has 0 unspecified atom stereocenters. The molecule has 1 aromatic carbocycles. The van der Waals surface area contributed by atoms with Crippen LogP contribution >= 0.6 is 0 Å². The van der Waals surface area contributed by atoms with Gasteiger partial charge in [0.25, 0.3) is 0 Å². The average Bonchev–Trinajstić information content (AvgIpc) is 2.37. The maximum Gasteiger partial charge on any atom is 0.323 e. The highest BCUT2D eigenvalue weighted by Crippen LogP contribution is 2.17. The number of hydrogen-bond acceptors (Lipinski definition) is 3. The van der Waals surface area contributed by atoms with Crippen molar-refractivity contribution < 1.29 is 19.4 Å². The third-order valence-corrected chi connectivity index (χ3v) is 2.47. The van der Waals surface area contributed by atoms with Gasteiger partial charge in [-0.3, -0.25) is 4.79 Å². The van der Waals surface area contributed by atoms with Crippen LogP contribution in [-0.2, 0) is 4.79 Å². The molecule has 0 aliphatic carbocycles. The second-order valence-electron chi connectivity index (χ2n) is 4.53. The van der Waals surface area contributed by atoms with Gasteiger partial charge < -0.3 is 20.1 Å². The Morgan fingerprint density at radius 2 is 1.90 bits per heavy atom. The summed E-state index contributed by atoms with van der Waals surface area (Å²) < 4.78 is 5.49. The predicted octanol–water partition coefficient (Wildman–Crippen LogP) is 2.41. The Morgan fingerprint density at radius 1 is 1.30 bits per heavy atom. The van der Waals surface area contributed by atoms with Crippen LogP contribution in [0.4, 0.5) is 10.5 Å². The predicted molar refractivity (Wildman–Crippen MR) is 76.1 cm³/mol. The van der Waals surface area contributed by atoms with Crippen molar-refractivity contribution in [1.29, 1.82) is 0 Å². The van der Waals surface area contributed by atoms with E-state index >= 15 is 0 Å². The molecule has 2 N–H and O–H groups in total. The molecule has 0 heterocycles. The van der Waals surface area contributed by atoms with E-state index in [4.69, 9.17) is 9.84 Å². The SMILES string of the molecule is CCN(CC(=O)O)C(=O)Nc1ccc(OC(C)C)cc1. The van der Waals surface area contributed by atoms with Crippen molar-refractivity contribution in [3.63, 3.8) is 0 Å². The lowest BCUT2D eigenvalue weighted by atomic mass is 10.3. The zero-order valence-corrected chi connectivity index (χ0v) is 11.9. The summed E-state index contributed by atoms with van der Waals surface area (Å²) in [5.41, 5.74) is 0.593. The van der Waals surface area contributed by atoms with Gasteiger partial charge in [-0.2, -0.15) is 0 Å². The van der Waals surface area contributed by atoms with E-state index in [-0.39, 0.29) is 12.6 Å². The zero-order valence-electron chi connectivity index (χ0n) is 11.9. The Kier molecular flexibility index (Phi) is 5.83. The van der Waals surface area contributed by atoms with Crippen molar-refractivity contribution in [1.82, 2.24) is 4.90 Å². The Labute approximate surface area is 118 Å². The summed E-state index contributed by atoms with van der Waals surface area (Å²) in [7, 11) is 0. The molecule has 1 aromatic rings. The lowest BCUT2D eigenvalue weighted by Gasteiger charge is -2.19. The summed E-state index contributed by atoms with van der Waals surface area (Å²) in [6.45, 7) is 5.59. The number of carboxylic acid groups (broad SMARTS) is 1. The second kappa shape index (κ2) is 7.37. The van der Waals surface area contributed by atoms with E-state index in [1.165, 1.54) is 4.90 Å². The van der Waals surface area contributed by atoms with Gasteiger partial charge in [0.05, 0.1) is 6.10 Å². The highest BCUT2D eigenvalue weighted by atomic mass is 16.5. The van der Waals surface area contributed by atoms with Crippen LogP contribution in [0.15, 0.2) is 24.3 Å². The van der Waals surface area contributed by atoms with Gasteiger partial charge >= 0.3 is 12.0 Å². The molecule has 2 amide bonds. The molecule has 0 aliphatic rings. The number of benzene rings is 1. The third-order valence-electron chi connectivity index (χ3n) is 2.47. The third kappa shape index (κ3) is 5.17. The summed E-state index contributed by atoms with van der Waals surface area (Å²) >= 11 is 0. The van der Waals surface area contributed by atoms with Gasteiger partial charge in [-0.25, -0.2) is 4.79 Å². The minimum absolute atomic E-state index is 0.0848. The molecule has 6 heteroatoms. The summed E-state index contributed by atoms with van der Waals surface area (Å²) in [4.78, 5) is 23.7. The van der Waals surface area contributed by atoms with Crippen LogP contribution in [0, 0.1) is 0 Å². The first kappa shape index (κ1) is 15.8. The van der Waals surface area contributed by atoms with E-state index in [1.807, 2.05) is 13.8 Å². The van der Waals surface area contributed by atoms with Crippen LogP contribution in [0.2, 0.25) is 0 Å². The summed E-state index contributed by atoms with van der Waals surface area (Å²) in [6, 6.07) is 6.49. The maximum atomic E-state index is 11.9. The average molecular weight is 280 g/mol. The number of aliphatic carboxylic acids is 1. The van der Waals surface area contributed by atoms with E-state index in [1.54, 1.807) is 31.2 Å². The molecule has 110 valence electrons. The number of urea groups is 1. The molecule has 0 atom stereocenters. The van der Waals surface area contributed by atoms with Gasteiger partial charge in [-0.15, -0.1) is 0 Å². The van der Waals surface area contributed by atoms with Gasteiger partial charge in [0.15, 0.2) is 0 Å². The van der Waals surface area contributed by atoms with Crippen LogP contribution in [0.25, 0.3) is 0 Å². The standard InChI is InChI=1S/C14H20N2O4/c1-4-16(9-13(17)18)14(19)15-11-5-7-12(8-6-11)20-10(2)3/h5-8,10H,4,9H2,1-3H3,(H,15,19)(H,17,18). The maximum absolute atomic E-state index is 11.9. The summed E-state index contributed by atoms with van der Waals surface area (Å²) in [5, 5.41) is 11.4. The molecular weight excluding hydrogens is 260 g/mol. The van der Waals surface area contributed by atoms with Crippen LogP contribution in [0.1, 0.15) is 20.8 Å². The largest absolute Gasteiger partial charge is 0.491 e. The fraction of sp³-hybridized carbons (Fsp3) is 0.429. The normalized spacial score (nSPS) is 10.2. The molecule has 0 fully saturated rings. The Hall–Kier alpha value is -2.24. The van der Waals surface area contributed by atoms with Crippen molar-refractivity contribution >= 4 is 17.7 Å². The molecule has 0 bridgehead atoms. The number of nitrogens with zero attached hydrogens (tertiary/aromatic N) is 1. The Balaban J connectivity index is 2.63. The first-order valence-electron chi connectivity index (χ1n) is 6.46. The van der Waals surface area contributed by atoms with Crippen LogP contribution in [-0.4, -0.2) is 41.2 Å². The molecule has 0 saturated heterocycles. The lowest BCUT2D eigenvalue weighted by Crippen LogP contribution is -2.38. The van der Waals surface area contributed by atoms with Crippen molar-refractivity contribution in [3.8, 4) is 5.75 Å². The number of carbonyl (C=O) groups is 2. The lowest BCUT2D eigenvalue weighted by molar-refractivity contribution is -0.137. The van der Waals surface area contributed by atoms with Crippen molar-refractivity contribution in [2.45, 2.75) is 26.9 Å². The molecule has 0 aromatic heterocycles. The summed E-state index contributed by atoms with van der Waals surface area (Å²) in [6.07, 6.45) is 0.0848. The summed E-state index contributed by atoms with van der Waals surface area (Å²) in [5.74, 6) is -0.321. The first-order valence-corrected chi connectivity index (χ1v) is 6.46. The smallest absolute Gasteiger partial charge is 0.323 e. The first-order chi connectivity index (χ1) is 9.42. The van der Waals surface area contributed by atoms with Crippen molar-refractivity contribution in [2.75, 3.05) is 18.4 Å². The number of carboxylic acids is 1. The van der Waals surface area contributed by atoms with Gasteiger partial charge in [-0.1, -0.05) is 0 Å². The van der Waals surface area contributed by atoms with Crippen LogP contribution in [0.3, 0.4) is 0 Å². The molecule has 0 saturated carbocycles. The van der Waals surface area contributed by atoms with Gasteiger partial charge in [0.1, 0.15) is 12.3 Å². The molecule has 20 heavy (non-hydrogen) atoms.